The molecule has 0 atom stereocenters. The van der Waals surface area contributed by atoms with E-state index in [2.05, 4.69) is 10.6 Å². The lowest BCUT2D eigenvalue weighted by molar-refractivity contribution is 0.0660. The fourth-order valence-electron chi connectivity index (χ4n) is 1.56. The number of halogens is 2. The highest BCUT2D eigenvalue weighted by Gasteiger charge is 2.10. The van der Waals surface area contributed by atoms with Gasteiger partial charge in [0.05, 0.1) is 6.54 Å². The van der Waals surface area contributed by atoms with Crippen LogP contribution in [0.4, 0.5) is 10.5 Å². The number of benzene rings is 1. The summed E-state index contributed by atoms with van der Waals surface area (Å²) in [7, 11) is 0. The van der Waals surface area contributed by atoms with Gasteiger partial charge in [-0.1, -0.05) is 23.2 Å². The van der Waals surface area contributed by atoms with Gasteiger partial charge in [-0.15, -0.1) is 0 Å². The Hall–Kier alpha value is -2.18. The number of carboxylic acid groups (broad SMARTS) is 1. The standard InChI is InChI=1S/C13H10Cl2N2O4/c14-7-3-8(15)5-9(4-7)17-13(20)16-6-10-1-2-11(21-10)12(18)19/h1-5H,6H2,(H,18,19)(H2,16,17,20). The van der Waals surface area contributed by atoms with Gasteiger partial charge < -0.3 is 20.2 Å². The first-order valence-corrected chi connectivity index (χ1v) is 6.52. The van der Waals surface area contributed by atoms with Crippen LogP contribution in [0.15, 0.2) is 34.7 Å². The van der Waals surface area contributed by atoms with Crippen LogP contribution in [-0.2, 0) is 6.54 Å². The SMILES string of the molecule is O=C(NCc1ccc(C(=O)O)o1)Nc1cc(Cl)cc(Cl)c1. The molecule has 6 nitrogen and oxygen atoms in total. The molecule has 8 heteroatoms. The molecule has 2 rings (SSSR count). The van der Waals surface area contributed by atoms with Crippen LogP contribution in [0.5, 0.6) is 0 Å². The molecular formula is C13H10Cl2N2O4. The maximum absolute atomic E-state index is 11.7. The molecule has 0 bridgehead atoms. The van der Waals surface area contributed by atoms with Crippen molar-refractivity contribution in [2.75, 3.05) is 5.32 Å². The van der Waals surface area contributed by atoms with Gasteiger partial charge in [0.15, 0.2) is 0 Å². The average molecular weight is 329 g/mol. The number of rotatable bonds is 4. The third-order valence-corrected chi connectivity index (χ3v) is 2.85. The number of nitrogens with one attached hydrogen (secondary N) is 2. The lowest BCUT2D eigenvalue weighted by Gasteiger charge is -2.07. The first-order valence-electron chi connectivity index (χ1n) is 5.77. The number of amides is 2. The molecule has 0 aliphatic carbocycles. The van der Waals surface area contributed by atoms with E-state index in [0.717, 1.165) is 0 Å². The van der Waals surface area contributed by atoms with Crippen molar-refractivity contribution in [2.45, 2.75) is 6.54 Å². The van der Waals surface area contributed by atoms with Gasteiger partial charge in [-0.3, -0.25) is 0 Å². The molecule has 2 aromatic rings. The normalized spacial score (nSPS) is 10.2. The predicted octanol–water partition coefficient (Wildman–Crippen LogP) is 3.61. The minimum absolute atomic E-state index is 0.0490. The molecule has 110 valence electrons. The van der Waals surface area contributed by atoms with Gasteiger partial charge in [0.2, 0.25) is 5.76 Å². The second kappa shape index (κ2) is 6.51. The number of carboxylic acids is 1. The Morgan fingerprint density at radius 2 is 1.81 bits per heavy atom. The molecule has 0 unspecified atom stereocenters. The van der Waals surface area contributed by atoms with E-state index < -0.39 is 12.0 Å². The van der Waals surface area contributed by atoms with Crippen molar-refractivity contribution in [2.24, 2.45) is 0 Å². The molecule has 1 aromatic heterocycles. The fourth-order valence-corrected chi connectivity index (χ4v) is 2.08. The van der Waals surface area contributed by atoms with Crippen LogP contribution in [0, 0.1) is 0 Å². The van der Waals surface area contributed by atoms with Crippen molar-refractivity contribution < 1.29 is 19.1 Å². The van der Waals surface area contributed by atoms with E-state index in [1.165, 1.54) is 12.1 Å². The molecule has 0 radical (unpaired) electrons. The maximum Gasteiger partial charge on any atom is 0.371 e. The van der Waals surface area contributed by atoms with Crippen LogP contribution in [0.25, 0.3) is 0 Å². The minimum Gasteiger partial charge on any atom is -0.475 e. The molecule has 0 saturated heterocycles. The second-order valence-corrected chi connectivity index (χ2v) is 4.91. The monoisotopic (exact) mass is 328 g/mol. The number of carbonyl (C=O) groups excluding carboxylic acids is 1. The molecule has 21 heavy (non-hydrogen) atoms. The number of urea groups is 1. The number of carbonyl (C=O) groups is 2. The van der Waals surface area contributed by atoms with E-state index in [0.29, 0.717) is 21.5 Å². The highest BCUT2D eigenvalue weighted by molar-refractivity contribution is 6.35. The van der Waals surface area contributed by atoms with Gasteiger partial charge in [0, 0.05) is 15.7 Å². The van der Waals surface area contributed by atoms with Crippen LogP contribution in [0.3, 0.4) is 0 Å². The highest BCUT2D eigenvalue weighted by atomic mass is 35.5. The minimum atomic E-state index is -1.17. The average Bonchev–Trinajstić information content (AvgIpc) is 2.84. The first-order chi connectivity index (χ1) is 9.94. The van der Waals surface area contributed by atoms with Crippen LogP contribution in [-0.4, -0.2) is 17.1 Å². The summed E-state index contributed by atoms with van der Waals surface area (Å²) in [5.74, 6) is -1.03. The van der Waals surface area contributed by atoms with E-state index >= 15 is 0 Å². The number of furan rings is 1. The third kappa shape index (κ3) is 4.40. The fraction of sp³-hybridized carbons (Fsp3) is 0.0769. The van der Waals surface area contributed by atoms with Gasteiger partial charge in [0.1, 0.15) is 5.76 Å². The molecule has 0 fully saturated rings. The summed E-state index contributed by atoms with van der Waals surface area (Å²) in [6.45, 7) is 0.0490. The summed E-state index contributed by atoms with van der Waals surface area (Å²) < 4.78 is 5.00. The lowest BCUT2D eigenvalue weighted by atomic mass is 10.3. The Kier molecular flexibility index (Phi) is 4.72. The van der Waals surface area contributed by atoms with Gasteiger partial charge in [-0.05, 0) is 30.3 Å². The van der Waals surface area contributed by atoms with Crippen molar-refractivity contribution in [3.63, 3.8) is 0 Å². The Labute approximate surface area is 129 Å². The van der Waals surface area contributed by atoms with E-state index in [-0.39, 0.29) is 12.3 Å². The quantitative estimate of drug-likeness (QED) is 0.799. The predicted molar refractivity (Wildman–Crippen MR) is 78.0 cm³/mol. The number of hydrogen-bond acceptors (Lipinski definition) is 3. The molecule has 1 aromatic carbocycles. The maximum atomic E-state index is 11.7. The first kappa shape index (κ1) is 15.2. The van der Waals surface area contributed by atoms with Crippen LogP contribution < -0.4 is 10.6 Å². The van der Waals surface area contributed by atoms with E-state index in [4.69, 9.17) is 32.7 Å². The zero-order valence-corrected chi connectivity index (χ0v) is 12.0. The Morgan fingerprint density at radius 1 is 1.14 bits per heavy atom. The molecule has 0 saturated carbocycles. The van der Waals surface area contributed by atoms with E-state index in [1.54, 1.807) is 18.2 Å². The van der Waals surface area contributed by atoms with Crippen molar-refractivity contribution in [1.29, 1.82) is 0 Å². The van der Waals surface area contributed by atoms with Gasteiger partial charge >= 0.3 is 12.0 Å². The summed E-state index contributed by atoms with van der Waals surface area (Å²) in [4.78, 5) is 22.3. The zero-order valence-electron chi connectivity index (χ0n) is 10.5. The Balaban J connectivity index is 1.90. The molecular weight excluding hydrogens is 319 g/mol. The van der Waals surface area contributed by atoms with Crippen molar-refractivity contribution >= 4 is 40.9 Å². The van der Waals surface area contributed by atoms with Gasteiger partial charge in [-0.2, -0.15) is 0 Å². The van der Waals surface area contributed by atoms with Crippen molar-refractivity contribution in [1.82, 2.24) is 5.32 Å². The zero-order chi connectivity index (χ0) is 15.4. The Bertz CT molecular complexity index is 664. The highest BCUT2D eigenvalue weighted by Crippen LogP contribution is 2.22. The van der Waals surface area contributed by atoms with E-state index in [9.17, 15) is 9.59 Å². The van der Waals surface area contributed by atoms with E-state index in [1.807, 2.05) is 0 Å². The lowest BCUT2D eigenvalue weighted by Crippen LogP contribution is -2.28. The number of anilines is 1. The molecule has 0 aliphatic heterocycles. The third-order valence-electron chi connectivity index (χ3n) is 2.42. The number of aromatic carboxylic acids is 1. The number of hydrogen-bond donors (Lipinski definition) is 3. The second-order valence-electron chi connectivity index (χ2n) is 4.04. The molecule has 0 aliphatic rings. The summed E-state index contributed by atoms with van der Waals surface area (Å²) >= 11 is 11.6. The molecule has 1 heterocycles. The molecule has 3 N–H and O–H groups in total. The van der Waals surface area contributed by atoms with Crippen LogP contribution in [0.1, 0.15) is 16.3 Å². The van der Waals surface area contributed by atoms with Gasteiger partial charge in [0.25, 0.3) is 0 Å². The van der Waals surface area contributed by atoms with Crippen molar-refractivity contribution in [3.05, 3.63) is 51.9 Å². The molecule has 0 spiro atoms. The summed E-state index contributed by atoms with van der Waals surface area (Å²) in [5, 5.41) is 14.6. The largest absolute Gasteiger partial charge is 0.475 e. The van der Waals surface area contributed by atoms with Gasteiger partial charge in [-0.25, -0.2) is 9.59 Å². The topological polar surface area (TPSA) is 91.6 Å². The Morgan fingerprint density at radius 3 is 2.38 bits per heavy atom. The summed E-state index contributed by atoms with van der Waals surface area (Å²) in [6, 6.07) is 6.92. The summed E-state index contributed by atoms with van der Waals surface area (Å²) in [6.07, 6.45) is 0. The van der Waals surface area contributed by atoms with Crippen LogP contribution >= 0.6 is 23.2 Å². The van der Waals surface area contributed by atoms with Crippen LogP contribution in [0.2, 0.25) is 10.0 Å². The van der Waals surface area contributed by atoms with Crippen molar-refractivity contribution in [3.8, 4) is 0 Å². The summed E-state index contributed by atoms with van der Waals surface area (Å²) in [5.41, 5.74) is 0.440. The smallest absolute Gasteiger partial charge is 0.371 e. The molecule has 2 amide bonds.